The van der Waals surface area contributed by atoms with Crippen LogP contribution < -0.4 is 4.74 Å². The highest BCUT2D eigenvalue weighted by atomic mass is 32.2. The van der Waals surface area contributed by atoms with Crippen LogP contribution in [0.4, 0.5) is 0 Å². The van der Waals surface area contributed by atoms with Gasteiger partial charge in [-0.05, 0) is 17.8 Å². The molecular weight excluding hydrogens is 242 g/mol. The van der Waals surface area contributed by atoms with Crippen molar-refractivity contribution in [1.82, 2.24) is 4.37 Å². The molecule has 0 aliphatic heterocycles. The smallest absolute Gasteiger partial charge is 0.261 e. The number of thioether (sulfide) groups is 1. The maximum absolute atomic E-state index is 12.1. The molecule has 0 unspecified atom stereocenters. The molecule has 0 fully saturated rings. The van der Waals surface area contributed by atoms with Crippen LogP contribution in [0.2, 0.25) is 0 Å². The molecular formula is C11H9NO2S2. The van der Waals surface area contributed by atoms with Gasteiger partial charge in [0, 0.05) is 5.56 Å². The van der Waals surface area contributed by atoms with Gasteiger partial charge in [0.2, 0.25) is 5.78 Å². The fourth-order valence-corrected chi connectivity index (χ4v) is 2.86. The van der Waals surface area contributed by atoms with Crippen molar-refractivity contribution in [3.63, 3.8) is 0 Å². The second kappa shape index (κ2) is 4.67. The molecule has 0 bridgehead atoms. The largest absolute Gasteiger partial charge is 0.302 e. The summed E-state index contributed by atoms with van der Waals surface area (Å²) in [6, 6.07) is 8.83. The molecule has 0 amide bonds. The summed E-state index contributed by atoms with van der Waals surface area (Å²) in [5, 5.41) is 0.642. The van der Waals surface area contributed by atoms with Crippen LogP contribution in [-0.4, -0.2) is 16.4 Å². The first-order chi connectivity index (χ1) is 7.74. The van der Waals surface area contributed by atoms with Gasteiger partial charge in [0.1, 0.15) is 5.56 Å². The summed E-state index contributed by atoms with van der Waals surface area (Å²) in [5.74, 6) is -0.215. The third-order valence-corrected chi connectivity index (χ3v) is 3.67. The van der Waals surface area contributed by atoms with Gasteiger partial charge in [0.15, 0.2) is 0 Å². The van der Waals surface area contributed by atoms with Crippen molar-refractivity contribution in [2.75, 3.05) is 6.26 Å². The van der Waals surface area contributed by atoms with Gasteiger partial charge in [0.25, 0.3) is 4.74 Å². The first-order valence-electron chi connectivity index (χ1n) is 4.59. The Labute approximate surface area is 101 Å². The molecule has 1 heterocycles. The molecule has 0 saturated heterocycles. The molecule has 2 aromatic rings. The van der Waals surface area contributed by atoms with Crippen molar-refractivity contribution in [2.45, 2.75) is 5.03 Å². The molecule has 0 spiro atoms. The number of rotatable bonds is 3. The molecule has 2 rings (SSSR count). The molecule has 1 aromatic heterocycles. The Hall–Kier alpha value is -1.33. The minimum absolute atomic E-state index is 0.210. The molecule has 82 valence electrons. The predicted octanol–water partition coefficient (Wildman–Crippen LogP) is 2.39. The van der Waals surface area contributed by atoms with Gasteiger partial charge in [-0.1, -0.05) is 30.3 Å². The van der Waals surface area contributed by atoms with Crippen molar-refractivity contribution < 1.29 is 4.79 Å². The second-order valence-corrected chi connectivity index (χ2v) is 4.69. The lowest BCUT2D eigenvalue weighted by Gasteiger charge is -1.98. The van der Waals surface area contributed by atoms with E-state index in [1.54, 1.807) is 24.3 Å². The number of hydrogen-bond donors (Lipinski definition) is 1. The average molecular weight is 251 g/mol. The Morgan fingerprint density at radius 1 is 1.31 bits per heavy atom. The third kappa shape index (κ3) is 1.96. The van der Waals surface area contributed by atoms with Gasteiger partial charge in [0.05, 0.1) is 5.03 Å². The standard InChI is InChI=1S/C11H9NO2S2/c1-15-10-8(11(14)16-12-10)9(13)7-5-3-2-4-6-7/h2-6,12H,1H3. The maximum Gasteiger partial charge on any atom is 0.261 e. The topological polar surface area (TPSA) is 49.9 Å². The van der Waals surface area contributed by atoms with Crippen molar-refractivity contribution >= 4 is 29.1 Å². The zero-order chi connectivity index (χ0) is 11.5. The van der Waals surface area contributed by atoms with E-state index >= 15 is 0 Å². The fourth-order valence-electron chi connectivity index (χ4n) is 1.36. The van der Waals surface area contributed by atoms with Gasteiger partial charge in [-0.3, -0.25) is 9.59 Å². The highest BCUT2D eigenvalue weighted by Gasteiger charge is 2.19. The van der Waals surface area contributed by atoms with E-state index in [9.17, 15) is 9.59 Å². The van der Waals surface area contributed by atoms with E-state index < -0.39 is 0 Å². The third-order valence-electron chi connectivity index (χ3n) is 2.13. The number of nitrogens with one attached hydrogen (secondary N) is 1. The Morgan fingerprint density at radius 2 is 2.00 bits per heavy atom. The lowest BCUT2D eigenvalue weighted by atomic mass is 10.1. The van der Waals surface area contributed by atoms with Crippen LogP contribution in [0.1, 0.15) is 15.9 Å². The van der Waals surface area contributed by atoms with Gasteiger partial charge in [-0.2, -0.15) is 0 Å². The molecule has 1 aromatic carbocycles. The van der Waals surface area contributed by atoms with E-state index in [0.29, 0.717) is 10.6 Å². The summed E-state index contributed by atoms with van der Waals surface area (Å²) >= 11 is 2.33. The van der Waals surface area contributed by atoms with Crippen molar-refractivity contribution in [2.24, 2.45) is 0 Å². The quantitative estimate of drug-likeness (QED) is 0.673. The van der Waals surface area contributed by atoms with Crippen LogP contribution >= 0.6 is 23.3 Å². The van der Waals surface area contributed by atoms with E-state index in [-0.39, 0.29) is 16.1 Å². The fraction of sp³-hybridized carbons (Fsp3) is 0.0909. The summed E-state index contributed by atoms with van der Waals surface area (Å²) < 4.78 is 2.64. The summed E-state index contributed by atoms with van der Waals surface area (Å²) in [4.78, 5) is 23.6. The van der Waals surface area contributed by atoms with Gasteiger partial charge in [-0.15, -0.1) is 11.8 Å². The number of aromatic amines is 1. The highest BCUT2D eigenvalue weighted by Crippen LogP contribution is 2.19. The number of aromatic nitrogens is 1. The zero-order valence-corrected chi connectivity index (χ0v) is 10.2. The van der Waals surface area contributed by atoms with Crippen molar-refractivity contribution in [3.8, 4) is 0 Å². The summed E-state index contributed by atoms with van der Waals surface area (Å²) in [6.45, 7) is 0. The number of carbonyl (C=O) groups excluding carboxylic acids is 1. The zero-order valence-electron chi connectivity index (χ0n) is 8.52. The monoisotopic (exact) mass is 251 g/mol. The molecule has 0 aliphatic carbocycles. The summed E-state index contributed by atoms with van der Waals surface area (Å²) in [7, 11) is 0. The Kier molecular flexibility index (Phi) is 3.26. The number of carbonyl (C=O) groups is 1. The van der Waals surface area contributed by atoms with Crippen molar-refractivity contribution in [3.05, 3.63) is 51.0 Å². The van der Waals surface area contributed by atoms with Crippen LogP contribution in [0.5, 0.6) is 0 Å². The SMILES string of the molecule is CSc1[nH]sc(=O)c1C(=O)c1ccccc1. The van der Waals surface area contributed by atoms with Crippen LogP contribution in [-0.2, 0) is 0 Å². The number of benzene rings is 1. The minimum Gasteiger partial charge on any atom is -0.302 e. The summed E-state index contributed by atoms with van der Waals surface area (Å²) in [5.41, 5.74) is 0.797. The highest BCUT2D eigenvalue weighted by molar-refractivity contribution is 7.98. The Balaban J connectivity index is 2.49. The minimum atomic E-state index is -0.215. The molecule has 0 saturated carbocycles. The van der Waals surface area contributed by atoms with Gasteiger partial charge in [-0.25, -0.2) is 0 Å². The first-order valence-corrected chi connectivity index (χ1v) is 6.63. The average Bonchev–Trinajstić information content (AvgIpc) is 2.70. The Morgan fingerprint density at radius 3 is 2.62 bits per heavy atom. The normalized spacial score (nSPS) is 10.3. The molecule has 1 N–H and O–H groups in total. The molecule has 3 nitrogen and oxygen atoms in total. The lowest BCUT2D eigenvalue weighted by Crippen LogP contribution is -2.10. The molecule has 16 heavy (non-hydrogen) atoms. The molecule has 0 aliphatic rings. The predicted molar refractivity (Wildman–Crippen MR) is 66.6 cm³/mol. The molecule has 0 radical (unpaired) electrons. The van der Waals surface area contributed by atoms with Crippen molar-refractivity contribution in [1.29, 1.82) is 0 Å². The van der Waals surface area contributed by atoms with E-state index in [0.717, 1.165) is 11.5 Å². The van der Waals surface area contributed by atoms with E-state index in [4.69, 9.17) is 0 Å². The molecule has 5 heteroatoms. The lowest BCUT2D eigenvalue weighted by molar-refractivity contribution is 0.103. The number of H-pyrrole nitrogens is 1. The Bertz CT molecular complexity index is 557. The second-order valence-electron chi connectivity index (χ2n) is 3.09. The molecule has 0 atom stereocenters. The van der Waals surface area contributed by atoms with Crippen LogP contribution in [0, 0.1) is 0 Å². The summed E-state index contributed by atoms with van der Waals surface area (Å²) in [6.07, 6.45) is 1.83. The van der Waals surface area contributed by atoms with Gasteiger partial charge >= 0.3 is 0 Å². The van der Waals surface area contributed by atoms with Crippen LogP contribution in [0.3, 0.4) is 0 Å². The first kappa shape index (κ1) is 11.2. The number of hydrogen-bond acceptors (Lipinski definition) is 4. The van der Waals surface area contributed by atoms with Gasteiger partial charge < -0.3 is 4.37 Å². The van der Waals surface area contributed by atoms with Crippen LogP contribution in [0.15, 0.2) is 40.2 Å². The number of ketones is 1. The van der Waals surface area contributed by atoms with Crippen LogP contribution in [0.25, 0.3) is 0 Å². The van der Waals surface area contributed by atoms with E-state index in [1.165, 1.54) is 11.8 Å². The van der Waals surface area contributed by atoms with E-state index in [2.05, 4.69) is 4.37 Å². The van der Waals surface area contributed by atoms with E-state index in [1.807, 2.05) is 12.3 Å². The maximum atomic E-state index is 12.1.